The Morgan fingerprint density at radius 1 is 1.18 bits per heavy atom. The number of morpholine rings is 1. The van der Waals surface area contributed by atoms with Crippen LogP contribution in [-0.4, -0.2) is 80.6 Å². The van der Waals surface area contributed by atoms with Crippen LogP contribution in [0.25, 0.3) is 0 Å². The van der Waals surface area contributed by atoms with E-state index in [2.05, 4.69) is 4.74 Å². The lowest BCUT2D eigenvalue weighted by molar-refractivity contribution is -0.193. The van der Waals surface area contributed by atoms with Crippen LogP contribution in [0.4, 0.5) is 13.2 Å². The van der Waals surface area contributed by atoms with Gasteiger partial charge in [-0.1, -0.05) is 0 Å². The number of nitrogens with zero attached hydrogens (tertiary/aromatic N) is 1. The van der Waals surface area contributed by atoms with E-state index in [0.717, 1.165) is 0 Å². The van der Waals surface area contributed by atoms with Crippen LogP contribution in [0.3, 0.4) is 0 Å². The molecule has 2 aliphatic carbocycles. The molecule has 2 bridgehead atoms. The monoisotopic (exact) mass is 407 g/mol. The van der Waals surface area contributed by atoms with Crippen molar-refractivity contribution in [3.05, 3.63) is 0 Å². The molecule has 156 valence electrons. The summed E-state index contributed by atoms with van der Waals surface area (Å²) in [5, 5.41) is 0. The summed E-state index contributed by atoms with van der Waals surface area (Å²) in [6.07, 6.45) is -5.77. The van der Waals surface area contributed by atoms with Crippen LogP contribution >= 0.6 is 0 Å². The zero-order valence-corrected chi connectivity index (χ0v) is 14.9. The van der Waals surface area contributed by atoms with Gasteiger partial charge in [0, 0.05) is 24.9 Å². The number of ether oxygens (including phenoxy) is 4. The summed E-state index contributed by atoms with van der Waals surface area (Å²) in [5.41, 5.74) is 0. The molecule has 0 aromatic heterocycles. The molecule has 11 heteroatoms. The van der Waals surface area contributed by atoms with Crippen molar-refractivity contribution in [1.29, 1.82) is 0 Å². The second-order valence-electron chi connectivity index (χ2n) is 7.58. The molecular weight excluding hydrogens is 387 g/mol. The molecular formula is C17H20F3NO7. The Morgan fingerprint density at radius 3 is 2.57 bits per heavy atom. The van der Waals surface area contributed by atoms with Crippen LogP contribution in [0.5, 0.6) is 0 Å². The number of esters is 3. The molecule has 8 nitrogen and oxygen atoms in total. The van der Waals surface area contributed by atoms with E-state index in [9.17, 15) is 27.6 Å². The van der Waals surface area contributed by atoms with Crippen molar-refractivity contribution in [3.8, 4) is 0 Å². The number of hydrogen-bond donors (Lipinski definition) is 0. The van der Waals surface area contributed by atoms with Crippen molar-refractivity contribution < 1.29 is 46.5 Å². The molecule has 6 atom stereocenters. The standard InChI is InChI=1S/C17H20F3NO7/c18-17(19,20)7-26-15(23)11-8-5-9-12(11)16(24)28-14(9)13(8)27-10(22)6-21-1-3-25-4-2-21/h8-9,11-14H,1-7H2. The minimum Gasteiger partial charge on any atom is -0.458 e. The third-order valence-corrected chi connectivity index (χ3v) is 5.92. The van der Waals surface area contributed by atoms with E-state index >= 15 is 0 Å². The van der Waals surface area contributed by atoms with Crippen molar-refractivity contribution in [1.82, 2.24) is 4.90 Å². The van der Waals surface area contributed by atoms with Crippen molar-refractivity contribution in [2.45, 2.75) is 24.8 Å². The first-order valence-corrected chi connectivity index (χ1v) is 9.18. The Morgan fingerprint density at radius 2 is 1.89 bits per heavy atom. The van der Waals surface area contributed by atoms with E-state index in [1.807, 2.05) is 4.90 Å². The third-order valence-electron chi connectivity index (χ3n) is 5.92. The average molecular weight is 407 g/mol. The summed E-state index contributed by atoms with van der Waals surface area (Å²) in [7, 11) is 0. The quantitative estimate of drug-likeness (QED) is 0.470. The molecule has 6 unspecified atom stereocenters. The van der Waals surface area contributed by atoms with Gasteiger partial charge in [0.15, 0.2) is 6.61 Å². The van der Waals surface area contributed by atoms with E-state index in [4.69, 9.17) is 14.2 Å². The minimum absolute atomic E-state index is 0.0323. The second kappa shape index (κ2) is 7.18. The van der Waals surface area contributed by atoms with Gasteiger partial charge in [0.1, 0.15) is 12.2 Å². The number of carbonyl (C=O) groups is 3. The molecule has 2 saturated heterocycles. The molecule has 0 amide bonds. The molecule has 4 rings (SSSR count). The highest BCUT2D eigenvalue weighted by molar-refractivity contribution is 5.86. The molecule has 2 aliphatic heterocycles. The number of hydrogen-bond acceptors (Lipinski definition) is 8. The molecule has 0 spiro atoms. The summed E-state index contributed by atoms with van der Waals surface area (Å²) in [6.45, 7) is 0.501. The third kappa shape index (κ3) is 3.57. The van der Waals surface area contributed by atoms with Crippen LogP contribution in [-0.2, 0) is 33.3 Å². The Kier molecular flexibility index (Phi) is 4.98. The number of fused-ring (bicyclic) bond motifs is 1. The lowest BCUT2D eigenvalue weighted by atomic mass is 9.78. The fourth-order valence-corrected chi connectivity index (χ4v) is 4.85. The van der Waals surface area contributed by atoms with Gasteiger partial charge in [-0.25, -0.2) is 0 Å². The topological polar surface area (TPSA) is 91.4 Å². The van der Waals surface area contributed by atoms with Crippen LogP contribution < -0.4 is 0 Å². The van der Waals surface area contributed by atoms with Gasteiger partial charge in [-0.3, -0.25) is 19.3 Å². The normalized spacial score (nSPS) is 37.0. The average Bonchev–Trinajstić information content (AvgIpc) is 3.23. The number of alkyl halides is 3. The van der Waals surface area contributed by atoms with Crippen LogP contribution in [0.1, 0.15) is 6.42 Å². The first-order chi connectivity index (χ1) is 13.2. The van der Waals surface area contributed by atoms with E-state index in [-0.39, 0.29) is 12.5 Å². The van der Waals surface area contributed by atoms with Gasteiger partial charge in [0.2, 0.25) is 0 Å². The molecule has 2 heterocycles. The van der Waals surface area contributed by atoms with Crippen LogP contribution in [0.2, 0.25) is 0 Å². The summed E-state index contributed by atoms with van der Waals surface area (Å²) >= 11 is 0. The molecule has 4 fully saturated rings. The highest BCUT2D eigenvalue weighted by Gasteiger charge is 2.70. The summed E-state index contributed by atoms with van der Waals surface area (Å²) < 4.78 is 57.5. The van der Waals surface area contributed by atoms with Crippen LogP contribution in [0, 0.1) is 23.7 Å². The van der Waals surface area contributed by atoms with Gasteiger partial charge >= 0.3 is 24.1 Å². The van der Waals surface area contributed by atoms with Gasteiger partial charge in [-0.15, -0.1) is 0 Å². The van der Waals surface area contributed by atoms with E-state index in [0.29, 0.717) is 32.7 Å². The first kappa shape index (κ1) is 19.4. The maximum atomic E-state index is 12.4. The largest absolute Gasteiger partial charge is 0.458 e. The van der Waals surface area contributed by atoms with Gasteiger partial charge in [0.25, 0.3) is 0 Å². The Balaban J connectivity index is 1.42. The van der Waals surface area contributed by atoms with Gasteiger partial charge in [0.05, 0.1) is 31.6 Å². The molecule has 4 aliphatic rings. The molecule has 0 aromatic carbocycles. The highest BCUT2D eigenvalue weighted by atomic mass is 19.4. The Labute approximate surface area is 158 Å². The summed E-state index contributed by atoms with van der Waals surface area (Å²) in [4.78, 5) is 38.6. The fourth-order valence-electron chi connectivity index (χ4n) is 4.85. The minimum atomic E-state index is -4.66. The predicted molar refractivity (Wildman–Crippen MR) is 82.6 cm³/mol. The lowest BCUT2D eigenvalue weighted by Gasteiger charge is -2.31. The van der Waals surface area contributed by atoms with Gasteiger partial charge in [-0.2, -0.15) is 13.2 Å². The Bertz CT molecular complexity index is 664. The zero-order valence-electron chi connectivity index (χ0n) is 14.9. The van der Waals surface area contributed by atoms with Gasteiger partial charge in [-0.05, 0) is 6.42 Å². The smallest absolute Gasteiger partial charge is 0.422 e. The summed E-state index contributed by atoms with van der Waals surface area (Å²) in [5.74, 6) is -5.10. The van der Waals surface area contributed by atoms with E-state index in [1.165, 1.54) is 0 Å². The lowest BCUT2D eigenvalue weighted by Crippen LogP contribution is -2.46. The summed E-state index contributed by atoms with van der Waals surface area (Å²) in [6, 6.07) is 0. The van der Waals surface area contributed by atoms with E-state index in [1.54, 1.807) is 0 Å². The van der Waals surface area contributed by atoms with Crippen molar-refractivity contribution in [3.63, 3.8) is 0 Å². The highest BCUT2D eigenvalue weighted by Crippen LogP contribution is 2.59. The number of halogens is 3. The molecule has 28 heavy (non-hydrogen) atoms. The van der Waals surface area contributed by atoms with Crippen molar-refractivity contribution >= 4 is 17.9 Å². The second-order valence-corrected chi connectivity index (χ2v) is 7.58. The number of rotatable bonds is 5. The van der Waals surface area contributed by atoms with Gasteiger partial charge < -0.3 is 18.9 Å². The van der Waals surface area contributed by atoms with Crippen molar-refractivity contribution in [2.24, 2.45) is 23.7 Å². The zero-order chi connectivity index (χ0) is 20.1. The predicted octanol–water partition coefficient (Wildman–Crippen LogP) is 0.143. The molecule has 0 radical (unpaired) electrons. The first-order valence-electron chi connectivity index (χ1n) is 9.18. The maximum absolute atomic E-state index is 12.4. The van der Waals surface area contributed by atoms with Crippen LogP contribution in [0.15, 0.2) is 0 Å². The number of carbonyl (C=O) groups excluding carboxylic acids is 3. The fraction of sp³-hybridized carbons (Fsp3) is 0.824. The molecule has 2 saturated carbocycles. The van der Waals surface area contributed by atoms with E-state index < -0.39 is 60.7 Å². The molecule has 0 N–H and O–H groups in total. The molecule has 0 aromatic rings. The SMILES string of the molecule is O=C(CN1CCOCC1)OC1C2CC3C1OC(=O)C3C2C(=O)OCC(F)(F)F. The van der Waals surface area contributed by atoms with Crippen molar-refractivity contribution in [2.75, 3.05) is 39.5 Å². The maximum Gasteiger partial charge on any atom is 0.422 e. The Hall–Kier alpha value is -1.88.